The van der Waals surface area contributed by atoms with E-state index in [0.29, 0.717) is 25.4 Å². The number of ether oxygens (including phenoxy) is 2. The number of methoxy groups -OCH3 is 1. The second-order valence-corrected chi connectivity index (χ2v) is 9.18. The van der Waals surface area contributed by atoms with E-state index in [1.54, 1.807) is 6.92 Å². The Kier molecular flexibility index (Phi) is 8.00. The molecule has 1 atom stereocenters. The van der Waals surface area contributed by atoms with Gasteiger partial charge in [0.2, 0.25) is 15.9 Å². The number of nitrogens with one attached hydrogen (secondary N) is 1. The summed E-state index contributed by atoms with van der Waals surface area (Å²) in [5.41, 5.74) is 0.277. The first kappa shape index (κ1) is 23.1. The van der Waals surface area contributed by atoms with Crippen molar-refractivity contribution in [2.24, 2.45) is 5.92 Å². The summed E-state index contributed by atoms with van der Waals surface area (Å²) in [6, 6.07) is 4.31. The van der Waals surface area contributed by atoms with Gasteiger partial charge in [-0.25, -0.2) is 12.7 Å². The third-order valence-electron chi connectivity index (χ3n) is 4.72. The Morgan fingerprint density at radius 3 is 2.66 bits per heavy atom. The van der Waals surface area contributed by atoms with E-state index in [1.165, 1.54) is 39.4 Å². The number of carbonyl (C=O) groups excluding carboxylic acids is 2. The van der Waals surface area contributed by atoms with Gasteiger partial charge < -0.3 is 14.8 Å². The Morgan fingerprint density at radius 1 is 1.31 bits per heavy atom. The van der Waals surface area contributed by atoms with Crippen LogP contribution < -0.4 is 10.1 Å². The molecule has 0 unspecified atom stereocenters. The zero-order valence-electron chi connectivity index (χ0n) is 17.3. The summed E-state index contributed by atoms with van der Waals surface area (Å²) >= 11 is 0. The van der Waals surface area contributed by atoms with Crippen LogP contribution in [0.4, 0.5) is 5.69 Å². The third-order valence-corrected chi connectivity index (χ3v) is 6.53. The molecule has 9 nitrogen and oxygen atoms in total. The number of amides is 1. The summed E-state index contributed by atoms with van der Waals surface area (Å²) < 4.78 is 36.1. The molecule has 0 saturated carbocycles. The number of sulfonamides is 1. The van der Waals surface area contributed by atoms with Crippen LogP contribution in [0.1, 0.15) is 19.8 Å². The lowest BCUT2D eigenvalue weighted by Gasteiger charge is -2.30. The molecule has 2 rings (SSSR count). The highest BCUT2D eigenvalue weighted by atomic mass is 32.2. The first-order valence-corrected chi connectivity index (χ1v) is 10.9. The number of rotatable bonds is 8. The van der Waals surface area contributed by atoms with E-state index >= 15 is 0 Å². The fraction of sp³-hybridized carbons (Fsp3) is 0.579. The van der Waals surface area contributed by atoms with Gasteiger partial charge in [0.05, 0.1) is 36.8 Å². The first-order valence-electron chi connectivity index (χ1n) is 9.48. The van der Waals surface area contributed by atoms with E-state index < -0.39 is 10.0 Å². The van der Waals surface area contributed by atoms with Gasteiger partial charge in [0.15, 0.2) is 0 Å². The van der Waals surface area contributed by atoms with E-state index in [1.807, 2.05) is 4.90 Å². The number of esters is 1. The van der Waals surface area contributed by atoms with Crippen LogP contribution in [0.15, 0.2) is 23.1 Å². The topological polar surface area (TPSA) is 105 Å². The molecule has 0 spiro atoms. The number of anilines is 1. The van der Waals surface area contributed by atoms with Gasteiger partial charge in [-0.05, 0) is 44.5 Å². The Balaban J connectivity index is 2.09. The van der Waals surface area contributed by atoms with Crippen LogP contribution in [0.2, 0.25) is 0 Å². The zero-order chi connectivity index (χ0) is 21.6. The molecular weight excluding hydrogens is 398 g/mol. The molecule has 1 N–H and O–H groups in total. The monoisotopic (exact) mass is 427 g/mol. The number of hydrogen-bond donors (Lipinski definition) is 1. The molecule has 1 amide bonds. The lowest BCUT2D eigenvalue weighted by atomic mass is 9.98. The smallest absolute Gasteiger partial charge is 0.310 e. The second kappa shape index (κ2) is 10.0. The largest absolute Gasteiger partial charge is 0.495 e. The fourth-order valence-electron chi connectivity index (χ4n) is 3.20. The van der Waals surface area contributed by atoms with Crippen LogP contribution in [-0.2, 0) is 24.3 Å². The highest BCUT2D eigenvalue weighted by Crippen LogP contribution is 2.28. The van der Waals surface area contributed by atoms with Crippen molar-refractivity contribution in [3.8, 4) is 5.75 Å². The minimum Gasteiger partial charge on any atom is -0.495 e. The standard InChI is InChI=1S/C19H29N3O6S/c1-5-28-19(24)14-7-6-10-22(12-14)13-18(23)20-16-11-15(8-9-17(16)27-4)29(25,26)21(2)3/h8-9,11,14H,5-7,10,12-13H2,1-4H3,(H,20,23)/t14-/m1/s1. The molecule has 1 aromatic rings. The third kappa shape index (κ3) is 5.91. The maximum absolute atomic E-state index is 12.6. The number of benzene rings is 1. The molecule has 1 aliphatic heterocycles. The fourth-order valence-corrected chi connectivity index (χ4v) is 4.13. The molecule has 1 heterocycles. The Labute approximate surface area is 172 Å². The Hall–Kier alpha value is -2.17. The minimum atomic E-state index is -3.65. The number of hydrogen-bond acceptors (Lipinski definition) is 7. The molecule has 1 saturated heterocycles. The molecule has 162 valence electrons. The van der Waals surface area contributed by atoms with Crippen LogP contribution in [0, 0.1) is 5.92 Å². The molecule has 1 fully saturated rings. The zero-order valence-corrected chi connectivity index (χ0v) is 18.1. The summed E-state index contributed by atoms with van der Waals surface area (Å²) in [4.78, 5) is 26.5. The van der Waals surface area contributed by atoms with Crippen molar-refractivity contribution < 1.29 is 27.5 Å². The predicted octanol–water partition coefficient (Wildman–Crippen LogP) is 1.16. The van der Waals surface area contributed by atoms with Gasteiger partial charge in [0.1, 0.15) is 5.75 Å². The molecule has 0 aliphatic carbocycles. The average molecular weight is 428 g/mol. The maximum Gasteiger partial charge on any atom is 0.310 e. The van der Waals surface area contributed by atoms with E-state index in [4.69, 9.17) is 9.47 Å². The van der Waals surface area contributed by atoms with E-state index in [9.17, 15) is 18.0 Å². The first-order chi connectivity index (χ1) is 13.7. The Bertz CT molecular complexity index is 840. The van der Waals surface area contributed by atoms with Gasteiger partial charge in [0, 0.05) is 20.6 Å². The molecule has 0 bridgehead atoms. The average Bonchev–Trinajstić information content (AvgIpc) is 2.68. The van der Waals surface area contributed by atoms with Crippen LogP contribution in [0.25, 0.3) is 0 Å². The van der Waals surface area contributed by atoms with Crippen molar-refractivity contribution in [2.75, 3.05) is 52.8 Å². The summed E-state index contributed by atoms with van der Waals surface area (Å²) in [6.07, 6.45) is 1.55. The quantitative estimate of drug-likeness (QED) is 0.621. The Morgan fingerprint density at radius 2 is 2.03 bits per heavy atom. The summed E-state index contributed by atoms with van der Waals surface area (Å²) in [5.74, 6) is -0.424. The normalized spacial score (nSPS) is 17.8. The second-order valence-electron chi connectivity index (χ2n) is 7.02. The van der Waals surface area contributed by atoms with Gasteiger partial charge in [-0.15, -0.1) is 0 Å². The van der Waals surface area contributed by atoms with E-state index in [2.05, 4.69) is 5.32 Å². The minimum absolute atomic E-state index is 0.0546. The summed E-state index contributed by atoms with van der Waals surface area (Å²) in [5, 5.41) is 2.72. The van der Waals surface area contributed by atoms with Crippen molar-refractivity contribution in [1.29, 1.82) is 0 Å². The maximum atomic E-state index is 12.6. The lowest BCUT2D eigenvalue weighted by molar-refractivity contribution is -0.150. The van der Waals surface area contributed by atoms with E-state index in [0.717, 1.165) is 17.1 Å². The van der Waals surface area contributed by atoms with Crippen molar-refractivity contribution in [3.63, 3.8) is 0 Å². The van der Waals surface area contributed by atoms with Crippen molar-refractivity contribution in [3.05, 3.63) is 18.2 Å². The van der Waals surface area contributed by atoms with Gasteiger partial charge in [-0.2, -0.15) is 0 Å². The molecule has 0 aromatic heterocycles. The number of nitrogens with zero attached hydrogens (tertiary/aromatic N) is 2. The van der Waals surface area contributed by atoms with Gasteiger partial charge in [-0.1, -0.05) is 0 Å². The highest BCUT2D eigenvalue weighted by Gasteiger charge is 2.28. The van der Waals surface area contributed by atoms with Gasteiger partial charge in [-0.3, -0.25) is 14.5 Å². The lowest BCUT2D eigenvalue weighted by Crippen LogP contribution is -2.43. The SMILES string of the molecule is CCOC(=O)[C@@H]1CCCN(CC(=O)Nc2cc(S(=O)(=O)N(C)C)ccc2OC)C1. The van der Waals surface area contributed by atoms with Crippen molar-refractivity contribution in [1.82, 2.24) is 9.21 Å². The number of piperidine rings is 1. The van der Waals surface area contributed by atoms with Crippen LogP contribution in [-0.4, -0.2) is 76.9 Å². The number of carbonyl (C=O) groups is 2. The number of likely N-dealkylation sites (tertiary alicyclic amines) is 1. The summed E-state index contributed by atoms with van der Waals surface area (Å²) in [6.45, 7) is 3.35. The van der Waals surface area contributed by atoms with Crippen LogP contribution in [0.3, 0.4) is 0 Å². The van der Waals surface area contributed by atoms with Crippen LogP contribution in [0.5, 0.6) is 5.75 Å². The van der Waals surface area contributed by atoms with Gasteiger partial charge in [0.25, 0.3) is 0 Å². The molecule has 10 heteroatoms. The highest BCUT2D eigenvalue weighted by molar-refractivity contribution is 7.89. The molecule has 29 heavy (non-hydrogen) atoms. The molecule has 1 aliphatic rings. The van der Waals surface area contributed by atoms with Crippen LogP contribution >= 0.6 is 0 Å². The predicted molar refractivity (Wildman–Crippen MR) is 108 cm³/mol. The molecule has 0 radical (unpaired) electrons. The van der Waals surface area contributed by atoms with Crippen molar-refractivity contribution in [2.45, 2.75) is 24.7 Å². The van der Waals surface area contributed by atoms with Crippen molar-refractivity contribution >= 4 is 27.6 Å². The van der Waals surface area contributed by atoms with Gasteiger partial charge >= 0.3 is 5.97 Å². The summed E-state index contributed by atoms with van der Waals surface area (Å²) in [7, 11) is 0.676. The van der Waals surface area contributed by atoms with E-state index in [-0.39, 0.29) is 34.9 Å². The molecule has 1 aromatic carbocycles. The molecular formula is C19H29N3O6S.